The van der Waals surface area contributed by atoms with Crippen LogP contribution in [-0.4, -0.2) is 29.5 Å². The molecule has 1 aromatic heterocycles. The number of thiazole rings is 1. The summed E-state index contributed by atoms with van der Waals surface area (Å²) in [6.45, 7) is 7.69. The fourth-order valence-corrected chi connectivity index (χ4v) is 2.80. The molecule has 4 heteroatoms. The Labute approximate surface area is 119 Å². The molecule has 2 N–H and O–H groups in total. The van der Waals surface area contributed by atoms with E-state index in [2.05, 4.69) is 24.1 Å². The molecule has 19 heavy (non-hydrogen) atoms. The summed E-state index contributed by atoms with van der Waals surface area (Å²) in [5, 5.41) is 3.34. The number of likely N-dealkylation sites (N-methyl/N-ethyl adjacent to an activating group) is 1. The zero-order valence-electron chi connectivity index (χ0n) is 11.6. The first-order valence-electron chi connectivity index (χ1n) is 6.75. The smallest absolute Gasteiger partial charge is 0.0945 e. The summed E-state index contributed by atoms with van der Waals surface area (Å²) < 4.78 is 0. The van der Waals surface area contributed by atoms with Gasteiger partial charge in [-0.05, 0) is 25.2 Å². The predicted molar refractivity (Wildman–Crippen MR) is 83.5 cm³/mol. The van der Waals surface area contributed by atoms with Crippen molar-refractivity contribution in [3.05, 3.63) is 34.7 Å². The van der Waals surface area contributed by atoms with Crippen molar-refractivity contribution in [3.63, 3.8) is 0 Å². The van der Waals surface area contributed by atoms with Crippen molar-refractivity contribution in [2.75, 3.05) is 25.4 Å². The Kier molecular flexibility index (Phi) is 4.93. The van der Waals surface area contributed by atoms with Gasteiger partial charge < -0.3 is 10.6 Å². The number of nitrogens with zero attached hydrogens (tertiary/aromatic N) is 2. The Hall–Kier alpha value is -1.39. The molecule has 0 radical (unpaired) electrons. The maximum absolute atomic E-state index is 5.70. The van der Waals surface area contributed by atoms with Crippen molar-refractivity contribution in [1.82, 2.24) is 9.88 Å². The molecule has 0 fully saturated rings. The molecule has 2 rings (SSSR count). The molecule has 0 saturated carbocycles. The van der Waals surface area contributed by atoms with E-state index in [0.717, 1.165) is 43.0 Å². The highest BCUT2D eigenvalue weighted by atomic mass is 32.1. The van der Waals surface area contributed by atoms with Gasteiger partial charge >= 0.3 is 0 Å². The molecule has 1 aromatic carbocycles. The van der Waals surface area contributed by atoms with Crippen LogP contribution in [0.5, 0.6) is 0 Å². The molecule has 0 unspecified atom stereocenters. The minimum Gasteiger partial charge on any atom is -0.399 e. The molecule has 0 amide bonds. The van der Waals surface area contributed by atoms with E-state index in [9.17, 15) is 0 Å². The largest absolute Gasteiger partial charge is 0.399 e. The van der Waals surface area contributed by atoms with Gasteiger partial charge in [0.05, 0.1) is 10.7 Å². The van der Waals surface area contributed by atoms with E-state index in [1.54, 1.807) is 11.3 Å². The minimum atomic E-state index is 0.792. The lowest BCUT2D eigenvalue weighted by Crippen LogP contribution is -2.25. The van der Waals surface area contributed by atoms with Crippen LogP contribution in [0, 0.1) is 0 Å². The highest BCUT2D eigenvalue weighted by Gasteiger charge is 2.06. The summed E-state index contributed by atoms with van der Waals surface area (Å²) in [4.78, 5) is 7.12. The molecule has 0 aliphatic carbocycles. The maximum Gasteiger partial charge on any atom is 0.0945 e. The van der Waals surface area contributed by atoms with E-state index < -0.39 is 0 Å². The number of aromatic nitrogens is 1. The summed E-state index contributed by atoms with van der Waals surface area (Å²) in [6, 6.07) is 7.89. The highest BCUT2D eigenvalue weighted by Crippen LogP contribution is 2.23. The maximum atomic E-state index is 5.70. The van der Waals surface area contributed by atoms with Crippen LogP contribution in [-0.2, 0) is 6.42 Å². The number of rotatable bonds is 6. The standard InChI is InChI=1S/C15H21N3S/c1-3-18(4-2)10-9-15-17-14(11-19-15)12-5-7-13(16)8-6-12/h5-8,11H,3-4,9-10,16H2,1-2H3. The number of anilines is 1. The summed E-state index contributed by atoms with van der Waals surface area (Å²) in [6.07, 6.45) is 1.03. The van der Waals surface area contributed by atoms with Crippen molar-refractivity contribution >= 4 is 17.0 Å². The number of benzene rings is 1. The van der Waals surface area contributed by atoms with Gasteiger partial charge in [0.25, 0.3) is 0 Å². The summed E-state index contributed by atoms with van der Waals surface area (Å²) in [5.41, 5.74) is 8.68. The molecule has 0 atom stereocenters. The van der Waals surface area contributed by atoms with Crippen LogP contribution < -0.4 is 5.73 Å². The number of hydrogen-bond donors (Lipinski definition) is 1. The zero-order chi connectivity index (χ0) is 13.7. The average Bonchev–Trinajstić information content (AvgIpc) is 2.89. The monoisotopic (exact) mass is 275 g/mol. The van der Waals surface area contributed by atoms with Crippen LogP contribution in [0.1, 0.15) is 18.9 Å². The van der Waals surface area contributed by atoms with Crippen molar-refractivity contribution in [1.29, 1.82) is 0 Å². The van der Waals surface area contributed by atoms with Crippen molar-refractivity contribution in [2.45, 2.75) is 20.3 Å². The summed E-state index contributed by atoms with van der Waals surface area (Å²) in [7, 11) is 0. The second kappa shape index (κ2) is 6.68. The Morgan fingerprint density at radius 1 is 1.16 bits per heavy atom. The molecule has 0 bridgehead atoms. The van der Waals surface area contributed by atoms with Gasteiger partial charge in [-0.3, -0.25) is 0 Å². The van der Waals surface area contributed by atoms with Crippen LogP contribution in [0.25, 0.3) is 11.3 Å². The van der Waals surface area contributed by atoms with E-state index >= 15 is 0 Å². The Morgan fingerprint density at radius 2 is 1.84 bits per heavy atom. The van der Waals surface area contributed by atoms with E-state index in [4.69, 9.17) is 10.7 Å². The number of nitrogens with two attached hydrogens (primary N) is 1. The Bertz CT molecular complexity index is 500. The van der Waals surface area contributed by atoms with Gasteiger partial charge in [0.15, 0.2) is 0 Å². The van der Waals surface area contributed by atoms with Crippen LogP contribution in [0.2, 0.25) is 0 Å². The van der Waals surface area contributed by atoms with E-state index in [0.29, 0.717) is 0 Å². The van der Waals surface area contributed by atoms with E-state index in [-0.39, 0.29) is 0 Å². The van der Waals surface area contributed by atoms with Crippen molar-refractivity contribution in [3.8, 4) is 11.3 Å². The third-order valence-electron chi connectivity index (χ3n) is 3.29. The lowest BCUT2D eigenvalue weighted by molar-refractivity contribution is 0.308. The SMILES string of the molecule is CCN(CC)CCc1nc(-c2ccc(N)cc2)cs1. The van der Waals surface area contributed by atoms with Crippen molar-refractivity contribution in [2.24, 2.45) is 0 Å². The van der Waals surface area contributed by atoms with Gasteiger partial charge in [0.2, 0.25) is 0 Å². The normalized spacial score (nSPS) is 11.1. The molecule has 3 nitrogen and oxygen atoms in total. The molecule has 0 aliphatic heterocycles. The highest BCUT2D eigenvalue weighted by molar-refractivity contribution is 7.09. The molecule has 0 aliphatic rings. The van der Waals surface area contributed by atoms with Crippen LogP contribution in [0.3, 0.4) is 0 Å². The Morgan fingerprint density at radius 3 is 2.47 bits per heavy atom. The van der Waals surface area contributed by atoms with Gasteiger partial charge in [-0.25, -0.2) is 4.98 Å². The fourth-order valence-electron chi connectivity index (χ4n) is 2.01. The second-order valence-corrected chi connectivity index (χ2v) is 5.47. The lowest BCUT2D eigenvalue weighted by atomic mass is 10.1. The zero-order valence-corrected chi connectivity index (χ0v) is 12.4. The summed E-state index contributed by atoms with van der Waals surface area (Å²) >= 11 is 1.74. The predicted octanol–water partition coefficient (Wildman–Crippen LogP) is 3.28. The van der Waals surface area contributed by atoms with Gasteiger partial charge in [-0.15, -0.1) is 11.3 Å². The van der Waals surface area contributed by atoms with E-state index in [1.165, 1.54) is 5.01 Å². The van der Waals surface area contributed by atoms with Crippen LogP contribution >= 0.6 is 11.3 Å². The third kappa shape index (κ3) is 3.78. The molecule has 0 spiro atoms. The first kappa shape index (κ1) is 14.0. The molecule has 2 aromatic rings. The number of hydrogen-bond acceptors (Lipinski definition) is 4. The van der Waals surface area contributed by atoms with Gasteiger partial charge in [-0.1, -0.05) is 26.0 Å². The van der Waals surface area contributed by atoms with E-state index in [1.807, 2.05) is 24.3 Å². The summed E-state index contributed by atoms with van der Waals surface area (Å²) in [5.74, 6) is 0. The first-order valence-corrected chi connectivity index (χ1v) is 7.63. The quantitative estimate of drug-likeness (QED) is 0.823. The molecule has 0 saturated heterocycles. The fraction of sp³-hybridized carbons (Fsp3) is 0.400. The average molecular weight is 275 g/mol. The molecular weight excluding hydrogens is 254 g/mol. The van der Waals surface area contributed by atoms with Gasteiger partial charge in [-0.2, -0.15) is 0 Å². The minimum absolute atomic E-state index is 0.792. The first-order chi connectivity index (χ1) is 9.22. The van der Waals surface area contributed by atoms with Crippen LogP contribution in [0.15, 0.2) is 29.6 Å². The molecule has 102 valence electrons. The number of nitrogen functional groups attached to an aromatic ring is 1. The van der Waals surface area contributed by atoms with Gasteiger partial charge in [0.1, 0.15) is 0 Å². The molecular formula is C15H21N3S. The third-order valence-corrected chi connectivity index (χ3v) is 4.20. The molecule has 1 heterocycles. The van der Waals surface area contributed by atoms with Gasteiger partial charge in [0, 0.05) is 29.6 Å². The topological polar surface area (TPSA) is 42.2 Å². The second-order valence-electron chi connectivity index (χ2n) is 4.53. The lowest BCUT2D eigenvalue weighted by Gasteiger charge is -2.16. The van der Waals surface area contributed by atoms with Crippen LogP contribution in [0.4, 0.5) is 5.69 Å². The van der Waals surface area contributed by atoms with Crippen molar-refractivity contribution < 1.29 is 0 Å². The Balaban J connectivity index is 2.01.